The average molecular weight is 281 g/mol. The van der Waals surface area contributed by atoms with Gasteiger partial charge < -0.3 is 5.32 Å². The highest BCUT2D eigenvalue weighted by atomic mass is 32.2. The van der Waals surface area contributed by atoms with Gasteiger partial charge in [-0.05, 0) is 12.8 Å². The Morgan fingerprint density at radius 3 is 2.58 bits per heavy atom. The molecule has 0 unspecified atom stereocenters. The van der Waals surface area contributed by atoms with E-state index in [0.29, 0.717) is 5.95 Å². The van der Waals surface area contributed by atoms with Crippen molar-refractivity contribution in [3.05, 3.63) is 12.4 Å². The van der Waals surface area contributed by atoms with Crippen molar-refractivity contribution >= 4 is 16.0 Å². The monoisotopic (exact) mass is 281 g/mol. The molecule has 1 aromatic rings. The molecular formula is C11H15N5O2S. The third-order valence-corrected chi connectivity index (χ3v) is 4.76. The first-order valence-corrected chi connectivity index (χ1v) is 7.42. The summed E-state index contributed by atoms with van der Waals surface area (Å²) in [5, 5.41) is 11.3. The van der Waals surface area contributed by atoms with Crippen LogP contribution >= 0.6 is 0 Å². The van der Waals surface area contributed by atoms with E-state index in [1.807, 2.05) is 6.07 Å². The molecule has 2 rings (SSSR count). The van der Waals surface area contributed by atoms with Crippen molar-refractivity contribution < 1.29 is 8.42 Å². The van der Waals surface area contributed by atoms with Crippen LogP contribution in [0.2, 0.25) is 0 Å². The average Bonchev–Trinajstić information content (AvgIpc) is 3.23. The molecule has 0 atom stereocenters. The number of nitrogens with zero attached hydrogens (tertiary/aromatic N) is 4. The maximum absolute atomic E-state index is 12.4. The van der Waals surface area contributed by atoms with Gasteiger partial charge in [-0.2, -0.15) is 9.57 Å². The van der Waals surface area contributed by atoms with Gasteiger partial charge in [-0.1, -0.05) is 0 Å². The fourth-order valence-corrected chi connectivity index (χ4v) is 3.31. The maximum atomic E-state index is 12.4. The summed E-state index contributed by atoms with van der Waals surface area (Å²) in [6.45, 7) is 0.220. The third kappa shape index (κ3) is 3.00. The van der Waals surface area contributed by atoms with E-state index in [4.69, 9.17) is 5.26 Å². The zero-order valence-corrected chi connectivity index (χ0v) is 11.4. The first-order chi connectivity index (χ1) is 9.09. The molecule has 0 saturated heterocycles. The molecular weight excluding hydrogens is 266 g/mol. The van der Waals surface area contributed by atoms with E-state index in [0.717, 1.165) is 12.8 Å². The molecule has 1 fully saturated rings. The minimum Gasteiger partial charge on any atom is -0.357 e. The van der Waals surface area contributed by atoms with Crippen LogP contribution in [0.15, 0.2) is 17.3 Å². The summed E-state index contributed by atoms with van der Waals surface area (Å²) >= 11 is 0. The molecule has 0 aliphatic heterocycles. The SMILES string of the molecule is CNc1ncc(S(=O)(=O)N(CCC#N)C2CC2)cn1. The molecule has 0 amide bonds. The molecule has 102 valence electrons. The van der Waals surface area contributed by atoms with E-state index in [-0.39, 0.29) is 23.9 Å². The largest absolute Gasteiger partial charge is 0.357 e. The minimum atomic E-state index is -3.61. The zero-order chi connectivity index (χ0) is 13.9. The van der Waals surface area contributed by atoms with Gasteiger partial charge in [0.15, 0.2) is 0 Å². The Hall–Kier alpha value is -1.72. The van der Waals surface area contributed by atoms with Gasteiger partial charge in [0.2, 0.25) is 16.0 Å². The van der Waals surface area contributed by atoms with Crippen LogP contribution in [0, 0.1) is 11.3 Å². The van der Waals surface area contributed by atoms with E-state index in [1.165, 1.54) is 16.7 Å². The number of nitrogens with one attached hydrogen (secondary N) is 1. The second kappa shape index (κ2) is 5.50. The second-order valence-electron chi connectivity index (χ2n) is 4.25. The minimum absolute atomic E-state index is 0.0160. The number of anilines is 1. The molecule has 0 spiro atoms. The predicted molar refractivity (Wildman–Crippen MR) is 68.7 cm³/mol. The van der Waals surface area contributed by atoms with Crippen LogP contribution < -0.4 is 5.32 Å². The second-order valence-corrected chi connectivity index (χ2v) is 6.14. The molecule has 7 nitrogen and oxygen atoms in total. The number of hydrogen-bond donors (Lipinski definition) is 1. The molecule has 8 heteroatoms. The number of nitriles is 1. The van der Waals surface area contributed by atoms with Crippen LogP contribution in [0.4, 0.5) is 5.95 Å². The topological polar surface area (TPSA) is 99.0 Å². The zero-order valence-electron chi connectivity index (χ0n) is 10.6. The normalized spacial score (nSPS) is 15.2. The lowest BCUT2D eigenvalue weighted by atomic mass is 10.4. The van der Waals surface area contributed by atoms with Crippen molar-refractivity contribution in [2.75, 3.05) is 18.9 Å². The van der Waals surface area contributed by atoms with Gasteiger partial charge in [0.25, 0.3) is 0 Å². The predicted octanol–water partition coefficient (Wildman–Crippen LogP) is 0.585. The smallest absolute Gasteiger partial charge is 0.246 e. The first kappa shape index (κ1) is 13.7. The standard InChI is InChI=1S/C11H15N5O2S/c1-13-11-14-7-10(8-15-11)19(17,18)16(6-2-5-12)9-3-4-9/h7-9H,2-4,6H2,1H3,(H,13,14,15). The van der Waals surface area contributed by atoms with Crippen molar-refractivity contribution in [2.24, 2.45) is 0 Å². The van der Waals surface area contributed by atoms with Crippen LogP contribution in [-0.4, -0.2) is 42.3 Å². The van der Waals surface area contributed by atoms with E-state index in [1.54, 1.807) is 7.05 Å². The molecule has 0 aromatic carbocycles. The Kier molecular flexibility index (Phi) is 3.97. The van der Waals surface area contributed by atoms with Crippen LogP contribution in [0.3, 0.4) is 0 Å². The maximum Gasteiger partial charge on any atom is 0.246 e. The Morgan fingerprint density at radius 2 is 2.11 bits per heavy atom. The summed E-state index contributed by atoms with van der Waals surface area (Å²) in [4.78, 5) is 7.89. The highest BCUT2D eigenvalue weighted by Gasteiger charge is 2.37. The Morgan fingerprint density at radius 1 is 1.47 bits per heavy atom. The van der Waals surface area contributed by atoms with Gasteiger partial charge in [-0.15, -0.1) is 0 Å². The van der Waals surface area contributed by atoms with E-state index in [9.17, 15) is 8.42 Å². The quantitative estimate of drug-likeness (QED) is 0.819. The van der Waals surface area contributed by atoms with Crippen LogP contribution in [0.25, 0.3) is 0 Å². The van der Waals surface area contributed by atoms with Crippen molar-refractivity contribution in [1.29, 1.82) is 5.26 Å². The lowest BCUT2D eigenvalue weighted by molar-refractivity contribution is 0.410. The summed E-state index contributed by atoms with van der Waals surface area (Å²) < 4.78 is 26.3. The summed E-state index contributed by atoms with van der Waals surface area (Å²) in [6.07, 6.45) is 4.46. The van der Waals surface area contributed by atoms with Crippen LogP contribution in [0.5, 0.6) is 0 Å². The Balaban J connectivity index is 2.25. The number of sulfonamides is 1. The molecule has 19 heavy (non-hydrogen) atoms. The van der Waals surface area contributed by atoms with Gasteiger partial charge in [0.05, 0.1) is 18.5 Å². The van der Waals surface area contributed by atoms with Crippen molar-refractivity contribution in [1.82, 2.24) is 14.3 Å². The summed E-state index contributed by atoms with van der Waals surface area (Å²) in [5.74, 6) is 0.369. The fraction of sp³-hybridized carbons (Fsp3) is 0.545. The molecule has 1 aliphatic carbocycles. The van der Waals surface area contributed by atoms with E-state index >= 15 is 0 Å². The van der Waals surface area contributed by atoms with Crippen molar-refractivity contribution in [3.8, 4) is 6.07 Å². The summed E-state index contributed by atoms with van der Waals surface area (Å²) in [6, 6.07) is 1.99. The summed E-state index contributed by atoms with van der Waals surface area (Å²) in [7, 11) is -1.95. The Bertz CT molecular complexity index is 574. The van der Waals surface area contributed by atoms with Crippen molar-refractivity contribution in [2.45, 2.75) is 30.2 Å². The molecule has 0 radical (unpaired) electrons. The lowest BCUT2D eigenvalue weighted by Crippen LogP contribution is -2.34. The number of rotatable bonds is 6. The fourth-order valence-electron chi connectivity index (χ4n) is 1.74. The molecule has 1 aliphatic rings. The van der Waals surface area contributed by atoms with E-state index < -0.39 is 10.0 Å². The van der Waals surface area contributed by atoms with Gasteiger partial charge >= 0.3 is 0 Å². The van der Waals surface area contributed by atoms with Crippen LogP contribution in [0.1, 0.15) is 19.3 Å². The number of hydrogen-bond acceptors (Lipinski definition) is 6. The number of aromatic nitrogens is 2. The molecule has 1 heterocycles. The lowest BCUT2D eigenvalue weighted by Gasteiger charge is -2.20. The van der Waals surface area contributed by atoms with E-state index in [2.05, 4.69) is 15.3 Å². The van der Waals surface area contributed by atoms with Gasteiger partial charge in [-0.25, -0.2) is 18.4 Å². The van der Waals surface area contributed by atoms with Gasteiger partial charge in [-0.3, -0.25) is 0 Å². The van der Waals surface area contributed by atoms with Gasteiger partial charge in [0.1, 0.15) is 4.90 Å². The molecule has 1 saturated carbocycles. The molecule has 1 aromatic heterocycles. The van der Waals surface area contributed by atoms with Crippen molar-refractivity contribution in [3.63, 3.8) is 0 Å². The first-order valence-electron chi connectivity index (χ1n) is 5.98. The Labute approximate surface area is 112 Å². The highest BCUT2D eigenvalue weighted by Crippen LogP contribution is 2.31. The van der Waals surface area contributed by atoms with Crippen LogP contribution in [-0.2, 0) is 10.0 Å². The molecule has 0 bridgehead atoms. The summed E-state index contributed by atoms with van der Waals surface area (Å²) in [5.41, 5.74) is 0. The molecule has 1 N–H and O–H groups in total. The van der Waals surface area contributed by atoms with Gasteiger partial charge in [0, 0.05) is 26.1 Å². The third-order valence-electron chi connectivity index (χ3n) is 2.86. The highest BCUT2D eigenvalue weighted by molar-refractivity contribution is 7.89.